The third kappa shape index (κ3) is 4.86. The minimum absolute atomic E-state index is 0.0245. The number of aromatic nitrogens is 2. The van der Waals surface area contributed by atoms with Crippen LogP contribution in [-0.4, -0.2) is 40.0 Å². The number of hydrogen-bond donors (Lipinski definition) is 1. The molecular formula is C27H30N4O2. The summed E-state index contributed by atoms with van der Waals surface area (Å²) in [5.41, 5.74) is 5.44. The second-order valence-corrected chi connectivity index (χ2v) is 8.86. The number of hydrogen-bond acceptors (Lipinski definition) is 4. The van der Waals surface area contributed by atoms with Gasteiger partial charge in [-0.2, -0.15) is 0 Å². The fraction of sp³-hybridized carbons (Fsp3) is 0.333. The van der Waals surface area contributed by atoms with E-state index in [0.717, 1.165) is 68.0 Å². The van der Waals surface area contributed by atoms with E-state index in [2.05, 4.69) is 45.1 Å². The number of aryl methyl sites for hydroxylation is 1. The van der Waals surface area contributed by atoms with Gasteiger partial charge in [0.25, 0.3) is 0 Å². The summed E-state index contributed by atoms with van der Waals surface area (Å²) in [6.07, 6.45) is 6.85. The van der Waals surface area contributed by atoms with Crippen molar-refractivity contribution in [1.29, 1.82) is 0 Å². The summed E-state index contributed by atoms with van der Waals surface area (Å²) >= 11 is 0. The summed E-state index contributed by atoms with van der Waals surface area (Å²) in [6, 6.07) is 18.6. The van der Waals surface area contributed by atoms with E-state index < -0.39 is 0 Å². The van der Waals surface area contributed by atoms with Crippen molar-refractivity contribution in [3.05, 3.63) is 72.7 Å². The first kappa shape index (κ1) is 21.5. The van der Waals surface area contributed by atoms with Gasteiger partial charge in [-0.25, -0.2) is 4.98 Å². The summed E-state index contributed by atoms with van der Waals surface area (Å²) in [5.74, 6) is 1.51. The molecule has 0 unspecified atom stereocenters. The molecule has 5 rings (SSSR count). The predicted octanol–water partition coefficient (Wildman–Crippen LogP) is 5.52. The first-order chi connectivity index (χ1) is 16.2. The number of para-hydroxylation sites is 2. The Morgan fingerprint density at radius 3 is 2.73 bits per heavy atom. The molecule has 1 saturated heterocycles. The van der Waals surface area contributed by atoms with Gasteiger partial charge in [0, 0.05) is 19.2 Å². The molecule has 170 valence electrons. The number of amides is 1. The molecule has 2 aromatic carbocycles. The lowest BCUT2D eigenvalue weighted by Crippen LogP contribution is -2.34. The van der Waals surface area contributed by atoms with Gasteiger partial charge < -0.3 is 19.2 Å². The van der Waals surface area contributed by atoms with E-state index in [-0.39, 0.29) is 5.91 Å². The number of carbonyl (C=O) groups excluding carboxylic acids is 1. The van der Waals surface area contributed by atoms with Gasteiger partial charge in [0.15, 0.2) is 0 Å². The number of fused-ring (bicyclic) bond motifs is 1. The van der Waals surface area contributed by atoms with Crippen LogP contribution in [0.25, 0.3) is 22.4 Å². The van der Waals surface area contributed by atoms with Crippen molar-refractivity contribution >= 4 is 22.6 Å². The van der Waals surface area contributed by atoms with Crippen molar-refractivity contribution in [2.75, 3.05) is 25.0 Å². The van der Waals surface area contributed by atoms with E-state index in [1.807, 2.05) is 24.3 Å². The van der Waals surface area contributed by atoms with Crippen LogP contribution in [0.3, 0.4) is 0 Å². The van der Waals surface area contributed by atoms with E-state index >= 15 is 0 Å². The Kier molecular flexibility index (Phi) is 6.26. The smallest absolute Gasteiger partial charge is 0.221 e. The van der Waals surface area contributed by atoms with Crippen molar-refractivity contribution in [3.63, 3.8) is 0 Å². The molecule has 0 aliphatic carbocycles. The lowest BCUT2D eigenvalue weighted by Gasteiger charge is -2.32. The van der Waals surface area contributed by atoms with Gasteiger partial charge in [-0.3, -0.25) is 4.79 Å². The van der Waals surface area contributed by atoms with Crippen molar-refractivity contribution in [3.8, 4) is 11.4 Å². The molecule has 0 spiro atoms. The number of rotatable bonds is 7. The Morgan fingerprint density at radius 2 is 1.94 bits per heavy atom. The molecule has 33 heavy (non-hydrogen) atoms. The highest BCUT2D eigenvalue weighted by molar-refractivity contribution is 5.88. The number of nitrogens with one attached hydrogen (secondary N) is 1. The monoisotopic (exact) mass is 442 g/mol. The average Bonchev–Trinajstić information content (AvgIpc) is 3.48. The molecule has 1 amide bonds. The number of anilines is 1. The highest BCUT2D eigenvalue weighted by Crippen LogP contribution is 2.30. The van der Waals surface area contributed by atoms with Crippen LogP contribution < -0.4 is 5.32 Å². The first-order valence-electron chi connectivity index (χ1n) is 11.7. The average molecular weight is 443 g/mol. The quantitative estimate of drug-likeness (QED) is 0.409. The van der Waals surface area contributed by atoms with Gasteiger partial charge in [-0.05, 0) is 80.7 Å². The van der Waals surface area contributed by atoms with Crippen LogP contribution in [0.15, 0.2) is 71.5 Å². The van der Waals surface area contributed by atoms with E-state index in [4.69, 9.17) is 9.40 Å². The molecular weight excluding hydrogens is 412 g/mol. The van der Waals surface area contributed by atoms with Crippen LogP contribution in [-0.2, 0) is 11.3 Å². The highest BCUT2D eigenvalue weighted by Gasteiger charge is 2.21. The van der Waals surface area contributed by atoms with Crippen LogP contribution in [0.4, 0.5) is 5.69 Å². The molecule has 0 saturated carbocycles. The number of nitrogens with zero attached hydrogens (tertiary/aromatic N) is 3. The van der Waals surface area contributed by atoms with Gasteiger partial charge in [-0.15, -0.1) is 0 Å². The molecule has 1 aliphatic rings. The zero-order chi connectivity index (χ0) is 22.6. The zero-order valence-corrected chi connectivity index (χ0v) is 19.0. The van der Waals surface area contributed by atoms with Crippen molar-refractivity contribution < 1.29 is 9.21 Å². The second-order valence-electron chi connectivity index (χ2n) is 8.86. The topological polar surface area (TPSA) is 63.3 Å². The van der Waals surface area contributed by atoms with Gasteiger partial charge >= 0.3 is 0 Å². The first-order valence-corrected chi connectivity index (χ1v) is 11.7. The number of carbonyl (C=O) groups is 1. The molecule has 6 heteroatoms. The molecule has 0 radical (unpaired) electrons. The number of furan rings is 1. The normalized spacial score (nSPS) is 15.2. The standard InChI is InChI=1S/C27H30N4O2/c1-20(32)28-24-7-4-6-22(18-24)21-10-15-30(16-11-21)13-5-14-31-26-9-3-2-8-25(26)29-27(31)23-12-17-33-19-23/h2-4,6-9,12,17-19,21H,5,10-11,13-16H2,1H3,(H,28,32). The molecule has 2 aromatic heterocycles. The molecule has 1 N–H and O–H groups in total. The molecule has 1 aliphatic heterocycles. The Labute approximate surface area is 194 Å². The summed E-state index contributed by atoms with van der Waals surface area (Å²) in [5, 5.41) is 2.90. The van der Waals surface area contributed by atoms with Crippen LogP contribution in [0.2, 0.25) is 0 Å². The maximum Gasteiger partial charge on any atom is 0.221 e. The van der Waals surface area contributed by atoms with E-state index in [1.54, 1.807) is 19.5 Å². The maximum atomic E-state index is 11.4. The SMILES string of the molecule is CC(=O)Nc1cccc(C2CCN(CCCn3c(-c4ccoc4)nc4ccccc43)CC2)c1. The lowest BCUT2D eigenvalue weighted by molar-refractivity contribution is -0.114. The third-order valence-electron chi connectivity index (χ3n) is 6.56. The van der Waals surface area contributed by atoms with Crippen LogP contribution in [0.1, 0.15) is 37.7 Å². The summed E-state index contributed by atoms with van der Waals surface area (Å²) in [7, 11) is 0. The van der Waals surface area contributed by atoms with Gasteiger partial charge in [0.05, 0.1) is 22.9 Å². The van der Waals surface area contributed by atoms with Crippen molar-refractivity contribution in [1.82, 2.24) is 14.5 Å². The minimum Gasteiger partial charge on any atom is -0.472 e. The number of imidazole rings is 1. The zero-order valence-electron chi connectivity index (χ0n) is 19.0. The number of piperidine rings is 1. The van der Waals surface area contributed by atoms with Crippen molar-refractivity contribution in [2.24, 2.45) is 0 Å². The van der Waals surface area contributed by atoms with Gasteiger partial charge in [-0.1, -0.05) is 24.3 Å². The van der Waals surface area contributed by atoms with Gasteiger partial charge in [0.2, 0.25) is 5.91 Å². The molecule has 0 bridgehead atoms. The van der Waals surface area contributed by atoms with Crippen LogP contribution >= 0.6 is 0 Å². The molecule has 6 nitrogen and oxygen atoms in total. The van der Waals surface area contributed by atoms with Crippen LogP contribution in [0, 0.1) is 0 Å². The lowest BCUT2D eigenvalue weighted by atomic mass is 9.89. The molecule has 3 heterocycles. The third-order valence-corrected chi connectivity index (χ3v) is 6.56. The Morgan fingerprint density at radius 1 is 1.09 bits per heavy atom. The molecule has 0 atom stereocenters. The van der Waals surface area contributed by atoms with E-state index in [9.17, 15) is 4.79 Å². The highest BCUT2D eigenvalue weighted by atomic mass is 16.3. The minimum atomic E-state index is -0.0245. The fourth-order valence-corrected chi connectivity index (χ4v) is 4.93. The van der Waals surface area contributed by atoms with Gasteiger partial charge in [0.1, 0.15) is 12.1 Å². The second kappa shape index (κ2) is 9.63. The molecule has 4 aromatic rings. The Hall–Kier alpha value is -3.38. The van der Waals surface area contributed by atoms with Crippen LogP contribution in [0.5, 0.6) is 0 Å². The largest absolute Gasteiger partial charge is 0.472 e. The van der Waals surface area contributed by atoms with Crippen molar-refractivity contribution in [2.45, 2.75) is 38.6 Å². The maximum absolute atomic E-state index is 11.4. The fourth-order valence-electron chi connectivity index (χ4n) is 4.93. The Balaban J connectivity index is 1.19. The van der Waals surface area contributed by atoms with E-state index in [0.29, 0.717) is 5.92 Å². The predicted molar refractivity (Wildman–Crippen MR) is 131 cm³/mol. The Bertz CT molecular complexity index is 1220. The summed E-state index contributed by atoms with van der Waals surface area (Å²) in [6.45, 7) is 5.77. The number of benzene rings is 2. The summed E-state index contributed by atoms with van der Waals surface area (Å²) in [4.78, 5) is 18.8. The summed E-state index contributed by atoms with van der Waals surface area (Å²) < 4.78 is 7.63. The van der Waals surface area contributed by atoms with E-state index in [1.165, 1.54) is 11.1 Å². The molecule has 1 fully saturated rings. The number of likely N-dealkylation sites (tertiary alicyclic amines) is 1.